The van der Waals surface area contributed by atoms with Crippen molar-refractivity contribution >= 4 is 36.7 Å². The van der Waals surface area contributed by atoms with Crippen molar-refractivity contribution in [3.8, 4) is 0 Å². The van der Waals surface area contributed by atoms with Gasteiger partial charge >= 0.3 is 188 Å². The van der Waals surface area contributed by atoms with Gasteiger partial charge < -0.3 is 0 Å². The molecule has 0 saturated heterocycles. The molecule has 0 aliphatic rings. The zero-order valence-corrected chi connectivity index (χ0v) is 19.7. The van der Waals surface area contributed by atoms with Crippen LogP contribution in [0.5, 0.6) is 0 Å². The van der Waals surface area contributed by atoms with E-state index < -0.39 is 27.2 Å². The Labute approximate surface area is 186 Å². The van der Waals surface area contributed by atoms with E-state index in [1.165, 1.54) is 38.5 Å². The van der Waals surface area contributed by atoms with Gasteiger partial charge in [0.25, 0.3) is 0 Å². The average Bonchev–Trinajstić information content (AvgIpc) is 2.69. The molecule has 0 bridgehead atoms. The molecule has 160 valence electrons. The number of halogens is 2. The van der Waals surface area contributed by atoms with Gasteiger partial charge in [-0.25, -0.2) is 0 Å². The fourth-order valence-electron chi connectivity index (χ4n) is 2.78. The summed E-state index contributed by atoms with van der Waals surface area (Å²) in [6.07, 6.45) is 9.71. The Morgan fingerprint density at radius 3 is 1.86 bits per heavy atom. The van der Waals surface area contributed by atoms with Crippen LogP contribution in [0.1, 0.15) is 58.3 Å². The molecule has 6 heteroatoms. The van der Waals surface area contributed by atoms with Crippen molar-refractivity contribution in [1.29, 1.82) is 0 Å². The predicted molar refractivity (Wildman–Crippen MR) is 111 cm³/mol. The summed E-state index contributed by atoms with van der Waals surface area (Å²) in [7, 11) is 0. The molecule has 0 atom stereocenters. The third-order valence-electron chi connectivity index (χ3n) is 4.30. The molecule has 2 rings (SSSR count). The molecule has 0 N–H and O–H groups in total. The summed E-state index contributed by atoms with van der Waals surface area (Å²) in [5.74, 6) is 0. The molecule has 0 aromatic heterocycles. The number of hydrogen-bond donors (Lipinski definition) is 0. The monoisotopic (exact) mass is 512 g/mol. The van der Waals surface area contributed by atoms with Crippen molar-refractivity contribution in [2.24, 2.45) is 0 Å². The Morgan fingerprint density at radius 1 is 0.750 bits per heavy atom. The van der Waals surface area contributed by atoms with Crippen LogP contribution in [0.15, 0.2) is 42.5 Å². The second-order valence-electron chi connectivity index (χ2n) is 6.55. The van der Waals surface area contributed by atoms with Gasteiger partial charge in [0, 0.05) is 0 Å². The molecule has 0 amide bonds. The molecule has 0 radical (unpaired) electrons. The molecule has 0 heterocycles. The van der Waals surface area contributed by atoms with Crippen molar-refractivity contribution in [2.75, 3.05) is 0 Å². The Kier molecular flexibility index (Phi) is 11.1. The van der Waals surface area contributed by atoms with Crippen LogP contribution in [0.2, 0.25) is 15.4 Å². The van der Waals surface area contributed by atoms with Gasteiger partial charge in [0.15, 0.2) is 0 Å². The van der Waals surface area contributed by atoms with Gasteiger partial charge in [0.2, 0.25) is 0 Å². The van der Waals surface area contributed by atoms with E-state index >= 15 is 0 Å². The minimum absolute atomic E-state index is 0.324. The van der Waals surface area contributed by atoms with Crippen LogP contribution in [0.25, 0.3) is 0 Å². The second kappa shape index (κ2) is 13.0. The van der Waals surface area contributed by atoms with Crippen molar-refractivity contribution in [3.05, 3.63) is 52.5 Å². The van der Waals surface area contributed by atoms with Crippen molar-refractivity contribution in [3.63, 3.8) is 0 Å². The van der Waals surface area contributed by atoms with Crippen LogP contribution >= 0.6 is 23.2 Å². The topological polar surface area (TPSA) is 34.1 Å². The summed E-state index contributed by atoms with van der Waals surface area (Å²) in [6.45, 7) is 2.22. The fraction of sp³-hybridized carbons (Fsp3) is 0.455. The Morgan fingerprint density at radius 2 is 1.29 bits per heavy atom. The summed E-state index contributed by atoms with van der Waals surface area (Å²) in [5.41, 5.74) is 0. The standard InChI is InChI=1S/C10H21.C6H2Cl2.C6H5.2Co.2O/c1-3-5-7-9-10-8-6-4-2;7-5-2-1-3-6(8)4-5;1-2-4-6-5-3-1;;;;/h1,3-10H2,2H3;2-3H;1-5H;;;;. The SMILES string of the molecule is CCCCCCCCC[CH2][Co](=[O])[c]1cc(Cl)[c]([Co](=[O])[c]2ccccc2)c(Cl)c1. The molecule has 2 nitrogen and oxygen atoms in total. The van der Waals surface area contributed by atoms with E-state index in [4.69, 9.17) is 23.2 Å². The van der Waals surface area contributed by atoms with Gasteiger partial charge in [0.1, 0.15) is 0 Å². The zero-order valence-electron chi connectivity index (χ0n) is 16.1. The number of hydrogen-bond acceptors (Lipinski definition) is 2. The summed E-state index contributed by atoms with van der Waals surface area (Å²) in [4.78, 5) is 0. The third-order valence-corrected chi connectivity index (χ3v) is 8.90. The molecule has 0 spiro atoms. The first-order valence-corrected chi connectivity index (χ1v) is 13.6. The van der Waals surface area contributed by atoms with E-state index in [1.54, 1.807) is 24.3 Å². The summed E-state index contributed by atoms with van der Waals surface area (Å²) < 4.78 is 27.2. The van der Waals surface area contributed by atoms with E-state index in [1.807, 2.05) is 18.2 Å². The molecule has 0 unspecified atom stereocenters. The first-order valence-electron chi connectivity index (χ1n) is 9.66. The van der Waals surface area contributed by atoms with E-state index in [0.29, 0.717) is 28.9 Å². The van der Waals surface area contributed by atoms with Gasteiger partial charge in [-0.3, -0.25) is 0 Å². The number of unbranched alkanes of at least 4 members (excludes halogenated alkanes) is 7. The van der Waals surface area contributed by atoms with Crippen molar-refractivity contribution in [1.82, 2.24) is 0 Å². The maximum absolute atomic E-state index is 12.8. The molecule has 0 aliphatic heterocycles. The van der Waals surface area contributed by atoms with Crippen LogP contribution in [0.4, 0.5) is 0 Å². The van der Waals surface area contributed by atoms with Crippen LogP contribution in [-0.4, -0.2) is 0 Å². The van der Waals surface area contributed by atoms with Gasteiger partial charge in [-0.2, -0.15) is 0 Å². The molecule has 0 fully saturated rings. The quantitative estimate of drug-likeness (QED) is 0.324. The summed E-state index contributed by atoms with van der Waals surface area (Å²) in [5, 5.41) is 1.29. The van der Waals surface area contributed by atoms with Gasteiger partial charge in [-0.1, -0.05) is 0 Å². The summed E-state index contributed by atoms with van der Waals surface area (Å²) in [6, 6.07) is 12.5. The zero-order chi connectivity index (χ0) is 20.4. The third kappa shape index (κ3) is 7.47. The average molecular weight is 513 g/mol. The molecular weight excluding hydrogens is 485 g/mol. The molecule has 28 heavy (non-hydrogen) atoms. The predicted octanol–water partition coefficient (Wildman–Crippen LogP) is 6.06. The molecule has 2 aromatic rings. The van der Waals surface area contributed by atoms with Crippen LogP contribution in [0.3, 0.4) is 0 Å². The molecule has 2 aromatic carbocycles. The normalized spacial score (nSPS) is 12.1. The second-order valence-corrected chi connectivity index (χ2v) is 11.2. The van der Waals surface area contributed by atoms with Crippen molar-refractivity contribution in [2.45, 2.75) is 63.6 Å². The van der Waals surface area contributed by atoms with Gasteiger partial charge in [-0.05, 0) is 0 Å². The Bertz CT molecular complexity index is 771. The van der Waals surface area contributed by atoms with Crippen LogP contribution < -0.4 is 13.5 Å². The minimum atomic E-state index is -1.85. The first kappa shape index (κ1) is 23.9. The van der Waals surface area contributed by atoms with E-state index in [2.05, 4.69) is 6.92 Å². The van der Waals surface area contributed by atoms with E-state index in [-0.39, 0.29) is 0 Å². The molecule has 0 aliphatic carbocycles. The van der Waals surface area contributed by atoms with Crippen LogP contribution in [-0.2, 0) is 34.9 Å². The number of benzene rings is 2. The van der Waals surface area contributed by atoms with Crippen LogP contribution in [0, 0.1) is 0 Å². The Hall–Kier alpha value is -0.367. The first-order chi connectivity index (χ1) is 13.5. The summed E-state index contributed by atoms with van der Waals surface area (Å²) >= 11 is 9.38. The van der Waals surface area contributed by atoms with Gasteiger partial charge in [0.05, 0.1) is 0 Å². The van der Waals surface area contributed by atoms with E-state index in [0.717, 1.165) is 12.8 Å². The maximum atomic E-state index is 12.8. The number of rotatable bonds is 12. The Balaban J connectivity index is 1.91. The van der Waals surface area contributed by atoms with E-state index in [9.17, 15) is 7.73 Å². The van der Waals surface area contributed by atoms with Gasteiger partial charge in [-0.15, -0.1) is 0 Å². The van der Waals surface area contributed by atoms with Crippen molar-refractivity contribution < 1.29 is 34.9 Å². The molecular formula is C22H28Cl2Co2O2. The fourth-order valence-corrected chi connectivity index (χ4v) is 6.84. The molecule has 0 saturated carbocycles.